The van der Waals surface area contributed by atoms with Crippen LogP contribution in [0.25, 0.3) is 16.9 Å². The molecule has 6 heteroatoms. The summed E-state index contributed by atoms with van der Waals surface area (Å²) in [6.07, 6.45) is 2.34. The van der Waals surface area contributed by atoms with Crippen LogP contribution in [0.1, 0.15) is 10.5 Å². The smallest absolute Gasteiger partial charge is 0.169 e. The molecule has 0 radical (unpaired) electrons. The highest BCUT2D eigenvalue weighted by Gasteiger charge is 2.18. The maximum absolute atomic E-state index is 11.5. The van der Waals surface area contributed by atoms with Crippen LogP contribution >= 0.6 is 23.2 Å². The second kappa shape index (κ2) is 5.39. The number of hydrogen-bond acceptors (Lipinski definition) is 3. The fourth-order valence-corrected chi connectivity index (χ4v) is 2.76. The fourth-order valence-electron chi connectivity index (χ4n) is 2.24. The summed E-state index contributed by atoms with van der Waals surface area (Å²) in [6, 6.07) is 8.94. The van der Waals surface area contributed by atoms with Gasteiger partial charge < -0.3 is 4.74 Å². The number of imidazole rings is 1. The highest BCUT2D eigenvalue weighted by atomic mass is 35.5. The topological polar surface area (TPSA) is 43.6 Å². The van der Waals surface area contributed by atoms with Crippen LogP contribution < -0.4 is 4.74 Å². The number of fused-ring (bicyclic) bond motifs is 1. The molecule has 3 aromatic rings. The lowest BCUT2D eigenvalue weighted by Crippen LogP contribution is -1.94. The van der Waals surface area contributed by atoms with Crippen molar-refractivity contribution in [1.82, 2.24) is 9.38 Å². The number of aldehydes is 1. The number of pyridine rings is 1. The Morgan fingerprint density at radius 2 is 2.05 bits per heavy atom. The largest absolute Gasteiger partial charge is 0.496 e. The van der Waals surface area contributed by atoms with E-state index in [9.17, 15) is 4.79 Å². The van der Waals surface area contributed by atoms with E-state index in [1.54, 1.807) is 23.8 Å². The number of hydrogen-bond donors (Lipinski definition) is 0. The molecular weight excluding hydrogens is 311 g/mol. The summed E-state index contributed by atoms with van der Waals surface area (Å²) in [5.41, 5.74) is 2.08. The number of nitrogens with zero attached hydrogens (tertiary/aromatic N) is 2. The minimum atomic E-state index is 0.374. The van der Waals surface area contributed by atoms with Crippen molar-refractivity contribution in [2.75, 3.05) is 7.11 Å². The molecule has 106 valence electrons. The first-order chi connectivity index (χ1) is 10.2. The van der Waals surface area contributed by atoms with Crippen LogP contribution in [0.2, 0.25) is 10.0 Å². The third kappa shape index (κ3) is 2.26. The molecule has 0 bridgehead atoms. The molecule has 21 heavy (non-hydrogen) atoms. The maximum Gasteiger partial charge on any atom is 0.169 e. The van der Waals surface area contributed by atoms with Crippen LogP contribution in [0.5, 0.6) is 5.75 Å². The Hall–Kier alpha value is -2.04. The summed E-state index contributed by atoms with van der Waals surface area (Å²) in [5.74, 6) is 0.631. The molecule has 2 heterocycles. The molecule has 1 aromatic carbocycles. The maximum atomic E-state index is 11.5. The number of benzene rings is 1. The van der Waals surface area contributed by atoms with Crippen molar-refractivity contribution >= 4 is 35.1 Å². The van der Waals surface area contributed by atoms with Gasteiger partial charge >= 0.3 is 0 Å². The molecule has 0 atom stereocenters. The average molecular weight is 321 g/mol. The van der Waals surface area contributed by atoms with Crippen LogP contribution in [-0.2, 0) is 0 Å². The SMILES string of the molecule is COc1ccccc1-c1nc2c(Cl)cc(Cl)cn2c1C=O. The molecule has 3 rings (SSSR count). The molecule has 0 spiro atoms. The van der Waals surface area contributed by atoms with Crippen molar-refractivity contribution in [3.63, 3.8) is 0 Å². The summed E-state index contributed by atoms with van der Waals surface area (Å²) < 4.78 is 6.91. The zero-order valence-electron chi connectivity index (χ0n) is 11.0. The highest BCUT2D eigenvalue weighted by Crippen LogP contribution is 2.33. The van der Waals surface area contributed by atoms with Gasteiger partial charge in [0.2, 0.25) is 0 Å². The van der Waals surface area contributed by atoms with Gasteiger partial charge in [0, 0.05) is 11.8 Å². The normalized spacial score (nSPS) is 10.8. The fraction of sp³-hybridized carbons (Fsp3) is 0.0667. The van der Waals surface area contributed by atoms with Gasteiger partial charge in [-0.2, -0.15) is 0 Å². The van der Waals surface area contributed by atoms with Gasteiger partial charge in [-0.25, -0.2) is 4.98 Å². The number of carbonyl (C=O) groups excluding carboxylic acids is 1. The molecule has 2 aromatic heterocycles. The van der Waals surface area contributed by atoms with E-state index in [1.165, 1.54) is 0 Å². The number of methoxy groups -OCH3 is 1. The van der Waals surface area contributed by atoms with Gasteiger partial charge in [0.1, 0.15) is 17.1 Å². The highest BCUT2D eigenvalue weighted by molar-refractivity contribution is 6.36. The number of halogens is 2. The van der Waals surface area contributed by atoms with E-state index < -0.39 is 0 Å². The molecule has 0 amide bonds. The third-order valence-electron chi connectivity index (χ3n) is 3.15. The minimum absolute atomic E-state index is 0.374. The first-order valence-corrected chi connectivity index (χ1v) is 6.87. The van der Waals surface area contributed by atoms with E-state index in [0.717, 1.165) is 11.8 Å². The quantitative estimate of drug-likeness (QED) is 0.681. The Balaban J connectivity index is 2.38. The van der Waals surface area contributed by atoms with Gasteiger partial charge in [0.05, 0.1) is 17.2 Å². The first kappa shape index (κ1) is 13.9. The number of carbonyl (C=O) groups is 1. The molecule has 0 saturated heterocycles. The van der Waals surface area contributed by atoms with Crippen molar-refractivity contribution in [2.45, 2.75) is 0 Å². The van der Waals surface area contributed by atoms with Gasteiger partial charge in [0.15, 0.2) is 11.9 Å². The lowest BCUT2D eigenvalue weighted by molar-refractivity contribution is 0.111. The second-order valence-corrected chi connectivity index (χ2v) is 5.21. The van der Waals surface area contributed by atoms with Crippen LogP contribution in [0.4, 0.5) is 0 Å². The second-order valence-electron chi connectivity index (χ2n) is 4.36. The first-order valence-electron chi connectivity index (χ1n) is 6.11. The van der Waals surface area contributed by atoms with Gasteiger partial charge in [0.25, 0.3) is 0 Å². The summed E-state index contributed by atoms with van der Waals surface area (Å²) >= 11 is 12.1. The van der Waals surface area contributed by atoms with E-state index in [0.29, 0.717) is 32.8 Å². The standard InChI is InChI=1S/C15H10Cl2N2O2/c1-21-13-5-3-2-4-10(13)14-12(8-20)19-7-9(16)6-11(17)15(19)18-14/h2-8H,1H3. The molecule has 0 unspecified atom stereocenters. The molecule has 0 N–H and O–H groups in total. The van der Waals surface area contributed by atoms with Gasteiger partial charge in [-0.1, -0.05) is 35.3 Å². The van der Waals surface area contributed by atoms with Crippen molar-refractivity contribution in [3.8, 4) is 17.0 Å². The molecular formula is C15H10Cl2N2O2. The van der Waals surface area contributed by atoms with Gasteiger partial charge in [-0.15, -0.1) is 0 Å². The number of para-hydroxylation sites is 1. The van der Waals surface area contributed by atoms with Crippen molar-refractivity contribution in [1.29, 1.82) is 0 Å². The summed E-state index contributed by atoms with van der Waals surface area (Å²) in [7, 11) is 1.57. The third-order valence-corrected chi connectivity index (χ3v) is 3.64. The Labute approximate surface area is 130 Å². The Kier molecular flexibility index (Phi) is 3.57. The average Bonchev–Trinajstić information content (AvgIpc) is 2.85. The molecule has 0 saturated carbocycles. The number of rotatable bonds is 3. The Morgan fingerprint density at radius 1 is 1.29 bits per heavy atom. The molecule has 4 nitrogen and oxygen atoms in total. The van der Waals surface area contributed by atoms with Gasteiger partial charge in [-0.3, -0.25) is 9.20 Å². The Morgan fingerprint density at radius 3 is 2.76 bits per heavy atom. The van der Waals surface area contributed by atoms with E-state index in [-0.39, 0.29) is 0 Å². The monoisotopic (exact) mass is 320 g/mol. The van der Waals surface area contributed by atoms with E-state index in [1.807, 2.05) is 24.3 Å². The minimum Gasteiger partial charge on any atom is -0.496 e. The van der Waals surface area contributed by atoms with Gasteiger partial charge in [-0.05, 0) is 18.2 Å². The molecule has 0 fully saturated rings. The zero-order valence-corrected chi connectivity index (χ0v) is 12.5. The summed E-state index contributed by atoms with van der Waals surface area (Å²) in [5, 5.41) is 0.811. The van der Waals surface area contributed by atoms with Crippen molar-refractivity contribution < 1.29 is 9.53 Å². The summed E-state index contributed by atoms with van der Waals surface area (Å²) in [6.45, 7) is 0. The lowest BCUT2D eigenvalue weighted by Gasteiger charge is -2.06. The molecule has 0 aliphatic rings. The van der Waals surface area contributed by atoms with Crippen molar-refractivity contribution in [2.24, 2.45) is 0 Å². The predicted octanol–water partition coefficient (Wildman–Crippen LogP) is 4.13. The van der Waals surface area contributed by atoms with Crippen LogP contribution in [0, 0.1) is 0 Å². The Bertz CT molecular complexity index is 843. The number of ether oxygens (including phenoxy) is 1. The zero-order chi connectivity index (χ0) is 15.0. The molecule has 0 aliphatic carbocycles. The van der Waals surface area contributed by atoms with Crippen LogP contribution in [0.3, 0.4) is 0 Å². The van der Waals surface area contributed by atoms with Crippen LogP contribution in [0.15, 0.2) is 36.5 Å². The van der Waals surface area contributed by atoms with E-state index in [4.69, 9.17) is 27.9 Å². The lowest BCUT2D eigenvalue weighted by atomic mass is 10.1. The number of aromatic nitrogens is 2. The van der Waals surface area contributed by atoms with Crippen molar-refractivity contribution in [3.05, 3.63) is 52.3 Å². The summed E-state index contributed by atoms with van der Waals surface area (Å²) in [4.78, 5) is 16.0. The van der Waals surface area contributed by atoms with E-state index >= 15 is 0 Å². The predicted molar refractivity (Wildman–Crippen MR) is 82.6 cm³/mol. The molecule has 0 aliphatic heterocycles. The van der Waals surface area contributed by atoms with Crippen LogP contribution in [-0.4, -0.2) is 22.8 Å². The van der Waals surface area contributed by atoms with E-state index in [2.05, 4.69) is 4.98 Å².